The van der Waals surface area contributed by atoms with E-state index in [0.717, 1.165) is 5.56 Å². The van der Waals surface area contributed by atoms with Gasteiger partial charge in [-0.15, -0.1) is 0 Å². The lowest BCUT2D eigenvalue weighted by Crippen LogP contribution is -2.13. The maximum atomic E-state index is 12.5. The molecule has 0 saturated heterocycles. The summed E-state index contributed by atoms with van der Waals surface area (Å²) in [6, 6.07) is 8.89. The van der Waals surface area contributed by atoms with Crippen molar-refractivity contribution in [2.24, 2.45) is 0 Å². The Morgan fingerprint density at radius 1 is 0.800 bits per heavy atom. The molecule has 2 rings (SSSR count). The van der Waals surface area contributed by atoms with E-state index in [1.807, 2.05) is 6.07 Å². The largest absolute Gasteiger partial charge is 0.493 e. The SMILES string of the molecule is COCCOc1cc(NC(=O)CCc2ccc(OC)c(OC)c2OC)ccc1OC. The van der Waals surface area contributed by atoms with E-state index in [9.17, 15) is 4.79 Å². The molecule has 2 aromatic carbocycles. The molecule has 0 aliphatic heterocycles. The number of methoxy groups -OCH3 is 5. The van der Waals surface area contributed by atoms with E-state index in [1.165, 1.54) is 0 Å². The molecular weight excluding hydrogens is 390 g/mol. The van der Waals surface area contributed by atoms with Crippen LogP contribution in [0, 0.1) is 0 Å². The summed E-state index contributed by atoms with van der Waals surface area (Å²) in [5.41, 5.74) is 1.47. The molecule has 8 nitrogen and oxygen atoms in total. The molecule has 0 fully saturated rings. The minimum Gasteiger partial charge on any atom is -0.493 e. The highest BCUT2D eigenvalue weighted by Crippen LogP contribution is 2.40. The number of carbonyl (C=O) groups excluding carboxylic acids is 1. The first kappa shape index (κ1) is 23.2. The van der Waals surface area contributed by atoms with Crippen molar-refractivity contribution < 1.29 is 33.2 Å². The van der Waals surface area contributed by atoms with Gasteiger partial charge in [0.2, 0.25) is 11.7 Å². The zero-order valence-corrected chi connectivity index (χ0v) is 18.1. The predicted octanol–water partition coefficient (Wildman–Crippen LogP) is 3.32. The average Bonchev–Trinajstić information content (AvgIpc) is 2.77. The number of hydrogen-bond donors (Lipinski definition) is 1. The van der Waals surface area contributed by atoms with Crippen molar-refractivity contribution in [3.05, 3.63) is 35.9 Å². The minimum absolute atomic E-state index is 0.139. The highest BCUT2D eigenvalue weighted by molar-refractivity contribution is 5.91. The van der Waals surface area contributed by atoms with Gasteiger partial charge in [0.15, 0.2) is 23.0 Å². The number of anilines is 1. The van der Waals surface area contributed by atoms with Crippen molar-refractivity contribution in [1.82, 2.24) is 0 Å². The third-order valence-corrected chi connectivity index (χ3v) is 4.40. The van der Waals surface area contributed by atoms with Crippen LogP contribution in [0.2, 0.25) is 0 Å². The van der Waals surface area contributed by atoms with E-state index in [2.05, 4.69) is 5.32 Å². The third kappa shape index (κ3) is 5.93. The Bertz CT molecular complexity index is 838. The molecule has 0 saturated carbocycles. The number of amides is 1. The fourth-order valence-corrected chi connectivity index (χ4v) is 2.93. The normalized spacial score (nSPS) is 10.3. The van der Waals surface area contributed by atoms with Gasteiger partial charge in [0.05, 0.1) is 35.0 Å². The second-order valence-corrected chi connectivity index (χ2v) is 6.25. The van der Waals surface area contributed by atoms with Crippen molar-refractivity contribution in [2.75, 3.05) is 54.1 Å². The van der Waals surface area contributed by atoms with Gasteiger partial charge in [-0.1, -0.05) is 6.07 Å². The number of benzene rings is 2. The van der Waals surface area contributed by atoms with Crippen molar-refractivity contribution in [3.8, 4) is 28.7 Å². The molecule has 8 heteroatoms. The molecule has 2 aromatic rings. The van der Waals surface area contributed by atoms with E-state index in [0.29, 0.717) is 54.1 Å². The Balaban J connectivity index is 2.05. The first-order chi connectivity index (χ1) is 14.6. The zero-order chi connectivity index (χ0) is 21.9. The second-order valence-electron chi connectivity index (χ2n) is 6.25. The summed E-state index contributed by atoms with van der Waals surface area (Å²) in [5.74, 6) is 2.61. The van der Waals surface area contributed by atoms with Gasteiger partial charge >= 0.3 is 0 Å². The first-order valence-electron chi connectivity index (χ1n) is 9.45. The van der Waals surface area contributed by atoms with Crippen LogP contribution in [-0.4, -0.2) is 54.7 Å². The summed E-state index contributed by atoms with van der Waals surface area (Å²) in [7, 11) is 7.83. The summed E-state index contributed by atoms with van der Waals surface area (Å²) in [6.45, 7) is 0.830. The van der Waals surface area contributed by atoms with Crippen LogP contribution in [0.25, 0.3) is 0 Å². The highest BCUT2D eigenvalue weighted by atomic mass is 16.5. The summed E-state index contributed by atoms with van der Waals surface area (Å²) in [5, 5.41) is 2.88. The zero-order valence-electron chi connectivity index (χ0n) is 18.1. The van der Waals surface area contributed by atoms with Crippen molar-refractivity contribution in [2.45, 2.75) is 12.8 Å². The first-order valence-corrected chi connectivity index (χ1v) is 9.45. The van der Waals surface area contributed by atoms with Gasteiger partial charge in [0.25, 0.3) is 0 Å². The Labute approximate surface area is 177 Å². The van der Waals surface area contributed by atoms with Gasteiger partial charge < -0.3 is 33.7 Å². The van der Waals surface area contributed by atoms with Gasteiger partial charge in [0.1, 0.15) is 6.61 Å². The maximum absolute atomic E-state index is 12.5. The van der Waals surface area contributed by atoms with Crippen molar-refractivity contribution >= 4 is 11.6 Å². The molecule has 30 heavy (non-hydrogen) atoms. The molecule has 0 aromatic heterocycles. The summed E-state index contributed by atoms with van der Waals surface area (Å²) >= 11 is 0. The summed E-state index contributed by atoms with van der Waals surface area (Å²) in [6.07, 6.45) is 0.737. The average molecular weight is 419 g/mol. The second kappa shape index (κ2) is 11.8. The molecule has 1 N–H and O–H groups in total. The minimum atomic E-state index is -0.139. The van der Waals surface area contributed by atoms with Crippen molar-refractivity contribution in [3.63, 3.8) is 0 Å². The quantitative estimate of drug-likeness (QED) is 0.528. The molecule has 0 aliphatic rings. The molecule has 164 valence electrons. The van der Waals surface area contributed by atoms with Crippen LogP contribution < -0.4 is 29.0 Å². The Hall–Kier alpha value is -3.13. The van der Waals surface area contributed by atoms with Crippen LogP contribution in [-0.2, 0) is 16.0 Å². The van der Waals surface area contributed by atoms with Crippen LogP contribution in [0.4, 0.5) is 5.69 Å². The van der Waals surface area contributed by atoms with Gasteiger partial charge in [-0.2, -0.15) is 0 Å². The summed E-state index contributed by atoms with van der Waals surface area (Å²) < 4.78 is 32.1. The smallest absolute Gasteiger partial charge is 0.224 e. The maximum Gasteiger partial charge on any atom is 0.224 e. The molecule has 0 unspecified atom stereocenters. The van der Waals surface area contributed by atoms with E-state index in [1.54, 1.807) is 59.8 Å². The van der Waals surface area contributed by atoms with Gasteiger partial charge in [-0.3, -0.25) is 4.79 Å². The van der Waals surface area contributed by atoms with Crippen molar-refractivity contribution in [1.29, 1.82) is 0 Å². The van der Waals surface area contributed by atoms with E-state index in [4.69, 9.17) is 28.4 Å². The fraction of sp³-hybridized carbons (Fsp3) is 0.409. The molecule has 1 amide bonds. The van der Waals surface area contributed by atoms with E-state index < -0.39 is 0 Å². The van der Waals surface area contributed by atoms with E-state index in [-0.39, 0.29) is 12.3 Å². The Morgan fingerprint density at radius 3 is 2.13 bits per heavy atom. The lowest BCUT2D eigenvalue weighted by molar-refractivity contribution is -0.116. The lowest BCUT2D eigenvalue weighted by atomic mass is 10.1. The number of hydrogen-bond acceptors (Lipinski definition) is 7. The molecule has 0 atom stereocenters. The third-order valence-electron chi connectivity index (χ3n) is 4.40. The molecule has 0 bridgehead atoms. The van der Waals surface area contributed by atoms with Crippen LogP contribution in [0.1, 0.15) is 12.0 Å². The van der Waals surface area contributed by atoms with Crippen LogP contribution in [0.15, 0.2) is 30.3 Å². The van der Waals surface area contributed by atoms with Gasteiger partial charge in [-0.05, 0) is 30.2 Å². The monoisotopic (exact) mass is 419 g/mol. The Morgan fingerprint density at radius 2 is 1.50 bits per heavy atom. The van der Waals surface area contributed by atoms with Crippen LogP contribution >= 0.6 is 0 Å². The summed E-state index contributed by atoms with van der Waals surface area (Å²) in [4.78, 5) is 12.5. The van der Waals surface area contributed by atoms with E-state index >= 15 is 0 Å². The fourth-order valence-electron chi connectivity index (χ4n) is 2.93. The molecule has 0 heterocycles. The molecule has 0 spiro atoms. The number of aryl methyl sites for hydroxylation is 1. The lowest BCUT2D eigenvalue weighted by Gasteiger charge is -2.16. The number of carbonyl (C=O) groups is 1. The Kier molecular flexibility index (Phi) is 9.08. The topological polar surface area (TPSA) is 84.5 Å². The molecule has 0 radical (unpaired) electrons. The predicted molar refractivity (Wildman–Crippen MR) is 113 cm³/mol. The number of ether oxygens (including phenoxy) is 6. The highest BCUT2D eigenvalue weighted by Gasteiger charge is 2.17. The van der Waals surface area contributed by atoms with Gasteiger partial charge in [0, 0.05) is 25.3 Å². The van der Waals surface area contributed by atoms with Gasteiger partial charge in [-0.25, -0.2) is 0 Å². The van der Waals surface area contributed by atoms with Crippen LogP contribution in [0.3, 0.4) is 0 Å². The molecular formula is C22H29NO7. The number of rotatable bonds is 12. The standard InChI is InChI=1S/C22H29NO7/c1-25-12-13-30-19-14-16(8-10-17(19)26-2)23-20(24)11-7-15-6-9-18(27-3)22(29-5)21(15)28-4/h6,8-10,14H,7,11-13H2,1-5H3,(H,23,24). The van der Waals surface area contributed by atoms with Crippen LogP contribution in [0.5, 0.6) is 28.7 Å². The number of nitrogens with one attached hydrogen (secondary N) is 1. The molecule has 0 aliphatic carbocycles.